The quantitative estimate of drug-likeness (QED) is 0.782. The Bertz CT molecular complexity index is 790. The number of nitrogens with zero attached hydrogens (tertiary/aromatic N) is 2. The van der Waals surface area contributed by atoms with Gasteiger partial charge in [0, 0.05) is 6.20 Å². The third-order valence-corrected chi connectivity index (χ3v) is 4.66. The lowest BCUT2D eigenvalue weighted by Crippen LogP contribution is -2.33. The fourth-order valence-corrected chi connectivity index (χ4v) is 3.38. The second kappa shape index (κ2) is 6.41. The molecule has 122 valence electrons. The summed E-state index contributed by atoms with van der Waals surface area (Å²) in [6, 6.07) is 8.66. The van der Waals surface area contributed by atoms with E-state index in [0.29, 0.717) is 4.31 Å². The van der Waals surface area contributed by atoms with Gasteiger partial charge in [0.15, 0.2) is 5.03 Å². The Morgan fingerprint density at radius 1 is 1.13 bits per heavy atom. The molecule has 1 aromatic heterocycles. The number of aromatic nitrogens is 1. The van der Waals surface area contributed by atoms with Gasteiger partial charge in [0.2, 0.25) is 0 Å². The maximum absolute atomic E-state index is 13.2. The molecule has 0 saturated heterocycles. The molecule has 0 unspecified atom stereocenters. The number of rotatable bonds is 5. The molecule has 1 heterocycles. The molecule has 0 fully saturated rings. The maximum atomic E-state index is 13.2. The van der Waals surface area contributed by atoms with Crippen molar-refractivity contribution in [2.75, 3.05) is 10.8 Å². The fourth-order valence-electron chi connectivity index (χ4n) is 1.99. The monoisotopic (exact) mass is 342 g/mol. The number of sulfonamides is 1. The van der Waals surface area contributed by atoms with Gasteiger partial charge in [-0.25, -0.2) is 4.98 Å². The first-order valence-corrected chi connectivity index (χ1v) is 7.93. The van der Waals surface area contributed by atoms with Crippen molar-refractivity contribution in [1.82, 2.24) is 4.98 Å². The summed E-state index contributed by atoms with van der Waals surface area (Å²) in [5, 5.41) is -0.334. The highest BCUT2D eigenvalue weighted by Gasteiger charge is 2.37. The minimum atomic E-state index is -4.68. The zero-order valence-corrected chi connectivity index (χ0v) is 12.7. The van der Waals surface area contributed by atoms with Gasteiger partial charge in [0.05, 0.1) is 17.8 Å². The summed E-state index contributed by atoms with van der Waals surface area (Å²) in [5.41, 5.74) is -1.51. The van der Waals surface area contributed by atoms with Crippen LogP contribution in [0.25, 0.3) is 0 Å². The Balaban J connectivity index is 2.64. The van der Waals surface area contributed by atoms with Gasteiger partial charge in [-0.1, -0.05) is 24.3 Å². The van der Waals surface area contributed by atoms with Gasteiger partial charge in [-0.05, 0) is 24.3 Å². The predicted octanol–water partition coefficient (Wildman–Crippen LogP) is 3.48. The summed E-state index contributed by atoms with van der Waals surface area (Å²) in [4.78, 5) is 3.73. The van der Waals surface area contributed by atoms with E-state index in [2.05, 4.69) is 11.6 Å². The molecule has 0 bridgehead atoms. The van der Waals surface area contributed by atoms with Gasteiger partial charge in [0.1, 0.15) is 0 Å². The Hall–Kier alpha value is -2.35. The fraction of sp³-hybridized carbons (Fsp3) is 0.133. The molecular formula is C15H13F3N2O2S. The van der Waals surface area contributed by atoms with E-state index in [1.54, 1.807) is 0 Å². The van der Waals surface area contributed by atoms with E-state index in [0.717, 1.165) is 12.1 Å². The Labute approximate surface area is 131 Å². The number of pyridine rings is 1. The van der Waals surface area contributed by atoms with Crippen molar-refractivity contribution in [3.8, 4) is 0 Å². The van der Waals surface area contributed by atoms with Crippen LogP contribution in [0.4, 0.5) is 18.9 Å². The molecule has 0 aliphatic heterocycles. The van der Waals surface area contributed by atoms with Crippen LogP contribution in [0.2, 0.25) is 0 Å². The van der Waals surface area contributed by atoms with Crippen LogP contribution < -0.4 is 4.31 Å². The van der Waals surface area contributed by atoms with Crippen molar-refractivity contribution in [3.63, 3.8) is 0 Å². The first-order chi connectivity index (χ1) is 10.8. The van der Waals surface area contributed by atoms with Crippen LogP contribution >= 0.6 is 0 Å². The van der Waals surface area contributed by atoms with Crippen LogP contribution in [0.5, 0.6) is 0 Å². The lowest BCUT2D eigenvalue weighted by molar-refractivity contribution is -0.137. The van der Waals surface area contributed by atoms with Crippen LogP contribution in [0.1, 0.15) is 5.56 Å². The first-order valence-electron chi connectivity index (χ1n) is 6.49. The van der Waals surface area contributed by atoms with Crippen molar-refractivity contribution in [2.24, 2.45) is 0 Å². The van der Waals surface area contributed by atoms with Gasteiger partial charge >= 0.3 is 6.18 Å². The number of hydrogen-bond donors (Lipinski definition) is 0. The Morgan fingerprint density at radius 2 is 1.78 bits per heavy atom. The van der Waals surface area contributed by atoms with Crippen LogP contribution in [-0.2, 0) is 16.2 Å². The van der Waals surface area contributed by atoms with E-state index in [9.17, 15) is 21.6 Å². The minimum absolute atomic E-state index is 0.313. The lowest BCUT2D eigenvalue weighted by Gasteiger charge is -2.25. The highest BCUT2D eigenvalue weighted by Crippen LogP contribution is 2.38. The Kier molecular flexibility index (Phi) is 4.74. The normalized spacial score (nSPS) is 12.0. The van der Waals surface area contributed by atoms with E-state index < -0.39 is 27.5 Å². The third-order valence-electron chi connectivity index (χ3n) is 2.97. The van der Waals surface area contributed by atoms with Crippen molar-refractivity contribution in [3.05, 3.63) is 66.9 Å². The molecule has 2 aromatic rings. The van der Waals surface area contributed by atoms with Crippen molar-refractivity contribution in [1.29, 1.82) is 0 Å². The lowest BCUT2D eigenvalue weighted by atomic mass is 10.1. The third kappa shape index (κ3) is 3.53. The minimum Gasteiger partial charge on any atom is -0.261 e. The maximum Gasteiger partial charge on any atom is 0.418 e. The van der Waals surface area contributed by atoms with E-state index in [4.69, 9.17) is 0 Å². The van der Waals surface area contributed by atoms with Crippen molar-refractivity contribution < 1.29 is 21.6 Å². The topological polar surface area (TPSA) is 50.3 Å². The van der Waals surface area contributed by atoms with Gasteiger partial charge in [0.25, 0.3) is 10.0 Å². The van der Waals surface area contributed by atoms with Gasteiger partial charge in [-0.15, -0.1) is 6.58 Å². The average Bonchev–Trinajstić information content (AvgIpc) is 2.52. The second-order valence-corrected chi connectivity index (χ2v) is 6.32. The second-order valence-electron chi connectivity index (χ2n) is 4.51. The van der Waals surface area contributed by atoms with Crippen LogP contribution in [0, 0.1) is 0 Å². The first kappa shape index (κ1) is 17.0. The van der Waals surface area contributed by atoms with E-state index in [1.807, 2.05) is 0 Å². The molecule has 23 heavy (non-hydrogen) atoms. The summed E-state index contributed by atoms with van der Waals surface area (Å²) in [7, 11) is -4.25. The predicted molar refractivity (Wildman–Crippen MR) is 80.4 cm³/mol. The average molecular weight is 342 g/mol. The molecule has 2 rings (SSSR count). The number of alkyl halides is 3. The Morgan fingerprint density at radius 3 is 2.35 bits per heavy atom. The molecule has 8 heteroatoms. The molecule has 0 atom stereocenters. The number of hydrogen-bond acceptors (Lipinski definition) is 3. The number of benzene rings is 1. The molecule has 0 N–H and O–H groups in total. The molecule has 0 amide bonds. The van der Waals surface area contributed by atoms with Crippen molar-refractivity contribution in [2.45, 2.75) is 11.2 Å². The summed E-state index contributed by atoms with van der Waals surface area (Å²) in [5.74, 6) is 0. The number of anilines is 1. The molecule has 0 spiro atoms. The summed E-state index contributed by atoms with van der Waals surface area (Å²) < 4.78 is 65.5. The molecule has 0 aliphatic carbocycles. The zero-order valence-electron chi connectivity index (χ0n) is 11.9. The molecule has 0 aliphatic rings. The standard InChI is InChI=1S/C15H13F3N2O2S/c1-2-11-20(23(21,22)14-9-5-6-10-19-14)13-8-4-3-7-12(13)15(16,17)18/h2-10H,1,11H2. The summed E-state index contributed by atoms with van der Waals surface area (Å²) in [6.45, 7) is 3.10. The van der Waals surface area contributed by atoms with Crippen LogP contribution in [0.15, 0.2) is 66.3 Å². The van der Waals surface area contributed by atoms with E-state index in [1.165, 1.54) is 42.6 Å². The van der Waals surface area contributed by atoms with Gasteiger partial charge in [-0.3, -0.25) is 4.31 Å². The van der Waals surface area contributed by atoms with Crippen molar-refractivity contribution >= 4 is 15.7 Å². The highest BCUT2D eigenvalue weighted by molar-refractivity contribution is 7.92. The smallest absolute Gasteiger partial charge is 0.261 e. The number of halogens is 3. The molecule has 0 saturated carbocycles. The molecule has 1 aromatic carbocycles. The molecular weight excluding hydrogens is 329 g/mol. The van der Waals surface area contributed by atoms with Gasteiger partial charge in [-0.2, -0.15) is 21.6 Å². The summed E-state index contributed by atoms with van der Waals surface area (Å²) >= 11 is 0. The number of para-hydroxylation sites is 1. The highest BCUT2D eigenvalue weighted by atomic mass is 32.2. The zero-order chi connectivity index (χ0) is 17.1. The van der Waals surface area contributed by atoms with Crippen LogP contribution in [-0.4, -0.2) is 19.9 Å². The summed E-state index contributed by atoms with van der Waals surface area (Å²) in [6.07, 6.45) is -2.21. The van der Waals surface area contributed by atoms with Crippen LogP contribution in [0.3, 0.4) is 0 Å². The van der Waals surface area contributed by atoms with E-state index >= 15 is 0 Å². The van der Waals surface area contributed by atoms with Gasteiger partial charge < -0.3 is 0 Å². The molecule has 4 nitrogen and oxygen atoms in total. The van der Waals surface area contributed by atoms with E-state index in [-0.39, 0.29) is 11.6 Å². The SMILES string of the molecule is C=CCN(c1ccccc1C(F)(F)F)S(=O)(=O)c1ccccn1. The largest absolute Gasteiger partial charge is 0.418 e. The molecule has 0 radical (unpaired) electrons.